The summed E-state index contributed by atoms with van der Waals surface area (Å²) in [7, 11) is 1.61. The number of rotatable bonds is 13. The van der Waals surface area contributed by atoms with E-state index in [1.54, 1.807) is 24.1 Å². The van der Waals surface area contributed by atoms with Gasteiger partial charge in [-0.25, -0.2) is 0 Å². The predicted octanol–water partition coefficient (Wildman–Crippen LogP) is 5.88. The van der Waals surface area contributed by atoms with Crippen LogP contribution in [0.3, 0.4) is 0 Å². The first-order valence-corrected chi connectivity index (χ1v) is 12.3. The Bertz CT molecular complexity index is 937. The minimum atomic E-state index is -0.585. The first kappa shape index (κ1) is 27.8. The number of hydrogen-bond donors (Lipinski definition) is 1. The molecule has 0 radical (unpaired) electrons. The maximum Gasteiger partial charge on any atom is 0.243 e. The van der Waals surface area contributed by atoms with E-state index in [-0.39, 0.29) is 30.8 Å². The number of benzene rings is 2. The summed E-state index contributed by atoms with van der Waals surface area (Å²) in [6, 6.07) is 12.0. The Labute approximate surface area is 212 Å². The van der Waals surface area contributed by atoms with Crippen LogP contribution in [0.25, 0.3) is 0 Å². The summed E-state index contributed by atoms with van der Waals surface area (Å²) >= 11 is 12.2. The van der Waals surface area contributed by atoms with Gasteiger partial charge in [-0.15, -0.1) is 0 Å². The molecular weight excluding hydrogens is 475 g/mol. The van der Waals surface area contributed by atoms with Crippen molar-refractivity contribution in [1.82, 2.24) is 10.2 Å². The number of ether oxygens (including phenoxy) is 2. The van der Waals surface area contributed by atoms with Gasteiger partial charge in [-0.1, -0.05) is 43.1 Å². The van der Waals surface area contributed by atoms with Crippen molar-refractivity contribution in [3.8, 4) is 11.5 Å². The fourth-order valence-electron chi connectivity index (χ4n) is 3.42. The summed E-state index contributed by atoms with van der Waals surface area (Å²) in [4.78, 5) is 27.9. The lowest BCUT2D eigenvalue weighted by Gasteiger charge is -2.31. The molecule has 0 fully saturated rings. The van der Waals surface area contributed by atoms with Crippen molar-refractivity contribution >= 4 is 35.0 Å². The minimum absolute atomic E-state index is 0.0291. The summed E-state index contributed by atoms with van der Waals surface area (Å²) in [5, 5.41) is 3.86. The molecule has 34 heavy (non-hydrogen) atoms. The maximum absolute atomic E-state index is 13.3. The van der Waals surface area contributed by atoms with Crippen molar-refractivity contribution in [2.45, 2.75) is 65.1 Å². The normalized spacial score (nSPS) is 12.5. The van der Waals surface area contributed by atoms with Gasteiger partial charge in [0.25, 0.3) is 0 Å². The van der Waals surface area contributed by atoms with E-state index in [0.29, 0.717) is 35.2 Å². The Balaban J connectivity index is 2.08. The summed E-state index contributed by atoms with van der Waals surface area (Å²) in [6.07, 6.45) is 2.08. The number of nitrogens with zero attached hydrogens (tertiary/aromatic N) is 1. The highest BCUT2D eigenvalue weighted by Crippen LogP contribution is 2.24. The van der Waals surface area contributed by atoms with Crippen LogP contribution < -0.4 is 14.8 Å². The van der Waals surface area contributed by atoms with Crippen molar-refractivity contribution in [3.05, 3.63) is 58.1 Å². The number of halogens is 2. The molecule has 0 heterocycles. The van der Waals surface area contributed by atoms with Crippen LogP contribution in [0.15, 0.2) is 42.5 Å². The zero-order valence-electron chi connectivity index (χ0n) is 20.3. The summed E-state index contributed by atoms with van der Waals surface area (Å²) in [6.45, 7) is 6.51. The van der Waals surface area contributed by atoms with Gasteiger partial charge in [-0.2, -0.15) is 0 Å². The van der Waals surface area contributed by atoms with Gasteiger partial charge in [0, 0.05) is 19.0 Å². The molecule has 2 atom stereocenters. The Morgan fingerprint density at radius 3 is 2.26 bits per heavy atom. The molecule has 0 saturated heterocycles. The van der Waals surface area contributed by atoms with Crippen molar-refractivity contribution in [3.63, 3.8) is 0 Å². The Morgan fingerprint density at radius 1 is 1.00 bits per heavy atom. The van der Waals surface area contributed by atoms with Gasteiger partial charge in [-0.05, 0) is 68.1 Å². The molecule has 186 valence electrons. The van der Waals surface area contributed by atoms with Crippen molar-refractivity contribution < 1.29 is 19.1 Å². The van der Waals surface area contributed by atoms with E-state index in [4.69, 9.17) is 32.7 Å². The average Bonchev–Trinajstić information content (AvgIpc) is 2.84. The number of methoxy groups -OCH3 is 1. The quantitative estimate of drug-likeness (QED) is 0.343. The van der Waals surface area contributed by atoms with Gasteiger partial charge in [-0.3, -0.25) is 9.59 Å². The SMILES string of the molecule is CCC(C)NC(=O)C(CC)N(Cc1ccc(Cl)c(Cl)c1)C(=O)CCCOc1ccc(OC)cc1. The van der Waals surface area contributed by atoms with Crippen LogP contribution in [-0.4, -0.2) is 42.5 Å². The molecule has 1 N–H and O–H groups in total. The van der Waals surface area contributed by atoms with Crippen molar-refractivity contribution in [2.24, 2.45) is 0 Å². The summed E-state index contributed by atoms with van der Waals surface area (Å²) < 4.78 is 10.9. The van der Waals surface area contributed by atoms with Gasteiger partial charge < -0.3 is 19.7 Å². The third kappa shape index (κ3) is 8.41. The smallest absolute Gasteiger partial charge is 0.243 e. The van der Waals surface area contributed by atoms with E-state index in [2.05, 4.69) is 5.32 Å². The Morgan fingerprint density at radius 2 is 1.68 bits per heavy atom. The highest BCUT2D eigenvalue weighted by Gasteiger charge is 2.29. The lowest BCUT2D eigenvalue weighted by molar-refractivity contribution is -0.141. The molecule has 0 aliphatic heterocycles. The van der Waals surface area contributed by atoms with Crippen LogP contribution in [0.5, 0.6) is 11.5 Å². The molecule has 0 aliphatic carbocycles. The molecule has 2 rings (SSSR count). The van der Waals surface area contributed by atoms with Gasteiger partial charge in [0.1, 0.15) is 17.5 Å². The molecule has 0 bridgehead atoms. The monoisotopic (exact) mass is 508 g/mol. The Hall–Kier alpha value is -2.44. The first-order valence-electron chi connectivity index (χ1n) is 11.6. The van der Waals surface area contributed by atoms with Crippen LogP contribution in [-0.2, 0) is 16.1 Å². The average molecular weight is 509 g/mol. The van der Waals surface area contributed by atoms with E-state index < -0.39 is 6.04 Å². The third-order valence-electron chi connectivity index (χ3n) is 5.59. The standard InChI is InChI=1S/C26H34Cl2N2O4/c1-5-18(3)29-26(32)24(6-2)30(17-19-9-14-22(27)23(28)16-19)25(31)8-7-15-34-21-12-10-20(33-4)11-13-21/h9-14,16,18,24H,5-8,15,17H2,1-4H3,(H,29,32). The predicted molar refractivity (Wildman–Crippen MR) is 137 cm³/mol. The highest BCUT2D eigenvalue weighted by atomic mass is 35.5. The molecule has 2 aromatic rings. The summed E-state index contributed by atoms with van der Waals surface area (Å²) in [5.74, 6) is 1.19. The van der Waals surface area contributed by atoms with Crippen molar-refractivity contribution in [2.75, 3.05) is 13.7 Å². The molecule has 2 unspecified atom stereocenters. The minimum Gasteiger partial charge on any atom is -0.497 e. The van der Waals surface area contributed by atoms with E-state index in [1.165, 1.54) is 0 Å². The van der Waals surface area contributed by atoms with Crippen molar-refractivity contribution in [1.29, 1.82) is 0 Å². The number of carbonyl (C=O) groups excluding carboxylic acids is 2. The Kier molecular flexibility index (Phi) is 11.5. The molecule has 2 amide bonds. The van der Waals surface area contributed by atoms with Gasteiger partial charge >= 0.3 is 0 Å². The topological polar surface area (TPSA) is 67.9 Å². The number of hydrogen-bond acceptors (Lipinski definition) is 4. The van der Waals surface area contributed by atoms with Gasteiger partial charge in [0.2, 0.25) is 11.8 Å². The highest BCUT2D eigenvalue weighted by molar-refractivity contribution is 6.42. The molecule has 8 heteroatoms. The molecule has 0 spiro atoms. The molecule has 6 nitrogen and oxygen atoms in total. The molecular formula is C26H34Cl2N2O4. The maximum atomic E-state index is 13.3. The zero-order valence-corrected chi connectivity index (χ0v) is 21.8. The third-order valence-corrected chi connectivity index (χ3v) is 6.33. The van der Waals surface area contributed by atoms with Crippen LogP contribution in [0.4, 0.5) is 0 Å². The molecule has 0 saturated carbocycles. The fraction of sp³-hybridized carbons (Fsp3) is 0.462. The van der Waals surface area contributed by atoms with Crippen LogP contribution in [0.2, 0.25) is 10.0 Å². The van der Waals surface area contributed by atoms with Crippen LogP contribution >= 0.6 is 23.2 Å². The van der Waals surface area contributed by atoms with Crippen LogP contribution in [0.1, 0.15) is 52.0 Å². The zero-order chi connectivity index (χ0) is 25.1. The van der Waals surface area contributed by atoms with E-state index >= 15 is 0 Å². The lowest BCUT2D eigenvalue weighted by Crippen LogP contribution is -2.50. The summed E-state index contributed by atoms with van der Waals surface area (Å²) in [5.41, 5.74) is 0.812. The molecule has 0 aliphatic rings. The van der Waals surface area contributed by atoms with Gasteiger partial charge in [0.15, 0.2) is 0 Å². The first-order chi connectivity index (χ1) is 16.3. The second-order valence-corrected chi connectivity index (χ2v) is 8.95. The molecule has 0 aromatic heterocycles. The van der Waals surface area contributed by atoms with E-state index in [1.807, 2.05) is 51.1 Å². The van der Waals surface area contributed by atoms with Crippen LogP contribution in [0, 0.1) is 0 Å². The number of carbonyl (C=O) groups is 2. The van der Waals surface area contributed by atoms with E-state index in [0.717, 1.165) is 17.7 Å². The second kappa shape index (κ2) is 14.1. The number of amides is 2. The fourth-order valence-corrected chi connectivity index (χ4v) is 3.74. The van der Waals surface area contributed by atoms with E-state index in [9.17, 15) is 9.59 Å². The largest absolute Gasteiger partial charge is 0.497 e. The lowest BCUT2D eigenvalue weighted by atomic mass is 10.1. The number of nitrogens with one attached hydrogen (secondary N) is 1. The molecule has 2 aromatic carbocycles. The second-order valence-electron chi connectivity index (χ2n) is 8.14. The van der Waals surface area contributed by atoms with Gasteiger partial charge in [0.05, 0.1) is 23.8 Å².